The van der Waals surface area contributed by atoms with E-state index in [-0.39, 0.29) is 5.56 Å². The molecule has 4 rings (SSSR count). The van der Waals surface area contributed by atoms with Crippen molar-refractivity contribution in [2.75, 3.05) is 11.5 Å². The maximum Gasteiger partial charge on any atom is 0.262 e. The summed E-state index contributed by atoms with van der Waals surface area (Å²) in [5, 5.41) is 9.44. The highest BCUT2D eigenvalue weighted by Crippen LogP contribution is 2.22. The number of para-hydroxylation sites is 1. The van der Waals surface area contributed by atoms with E-state index in [9.17, 15) is 4.79 Å². The predicted molar refractivity (Wildman–Crippen MR) is 96.2 cm³/mol. The van der Waals surface area contributed by atoms with Crippen molar-refractivity contribution >= 4 is 40.1 Å². The van der Waals surface area contributed by atoms with E-state index in [2.05, 4.69) is 20.2 Å². The van der Waals surface area contributed by atoms with Gasteiger partial charge in [0.1, 0.15) is 17.5 Å². The summed E-state index contributed by atoms with van der Waals surface area (Å²) in [5.41, 5.74) is 12.0. The summed E-state index contributed by atoms with van der Waals surface area (Å²) in [5.74, 6) is 2.23. The van der Waals surface area contributed by atoms with E-state index < -0.39 is 0 Å². The van der Waals surface area contributed by atoms with Crippen LogP contribution in [0, 0.1) is 0 Å². The van der Waals surface area contributed by atoms with Gasteiger partial charge in [-0.15, -0.1) is 10.2 Å². The number of nitrogens with zero attached hydrogens (tertiary/aromatic N) is 6. The molecule has 0 spiro atoms. The number of thioether (sulfide) groups is 1. The summed E-state index contributed by atoms with van der Waals surface area (Å²) in [7, 11) is 1.68. The van der Waals surface area contributed by atoms with Crippen molar-refractivity contribution in [3.8, 4) is 0 Å². The molecule has 10 heteroatoms. The van der Waals surface area contributed by atoms with E-state index in [0.29, 0.717) is 39.5 Å². The van der Waals surface area contributed by atoms with Crippen LogP contribution in [-0.4, -0.2) is 29.1 Å². The summed E-state index contributed by atoms with van der Waals surface area (Å²) in [6.45, 7) is 0. The molecule has 126 valence electrons. The number of fused-ring (bicyclic) bond motifs is 3. The molecule has 0 radical (unpaired) electrons. The van der Waals surface area contributed by atoms with Gasteiger partial charge in [0.05, 0.1) is 16.7 Å². The maximum absolute atomic E-state index is 12.4. The Morgan fingerprint density at radius 3 is 2.60 bits per heavy atom. The minimum absolute atomic E-state index is 0.110. The van der Waals surface area contributed by atoms with Crippen molar-refractivity contribution in [1.29, 1.82) is 0 Å². The van der Waals surface area contributed by atoms with Crippen LogP contribution in [0.3, 0.4) is 0 Å². The quantitative estimate of drug-likeness (QED) is 0.409. The zero-order chi connectivity index (χ0) is 17.6. The Morgan fingerprint density at radius 2 is 1.84 bits per heavy atom. The Labute approximate surface area is 145 Å². The van der Waals surface area contributed by atoms with Gasteiger partial charge in [-0.05, 0) is 12.1 Å². The van der Waals surface area contributed by atoms with Crippen LogP contribution >= 0.6 is 11.8 Å². The summed E-state index contributed by atoms with van der Waals surface area (Å²) >= 11 is 1.35. The van der Waals surface area contributed by atoms with E-state index in [1.807, 2.05) is 22.6 Å². The van der Waals surface area contributed by atoms with Gasteiger partial charge in [0.15, 0.2) is 5.16 Å². The molecular formula is C15H14N8OS. The van der Waals surface area contributed by atoms with Crippen LogP contribution in [0.15, 0.2) is 40.3 Å². The number of benzene rings is 1. The first-order valence-corrected chi connectivity index (χ1v) is 8.38. The Balaban J connectivity index is 1.82. The zero-order valence-electron chi connectivity index (χ0n) is 13.2. The number of nitrogens with two attached hydrogens (primary N) is 2. The van der Waals surface area contributed by atoms with Gasteiger partial charge in [0.2, 0.25) is 5.78 Å². The van der Waals surface area contributed by atoms with Crippen LogP contribution in [0.25, 0.3) is 16.7 Å². The Hall–Kier alpha value is -3.14. The lowest BCUT2D eigenvalue weighted by molar-refractivity contribution is 0.857. The van der Waals surface area contributed by atoms with Gasteiger partial charge < -0.3 is 11.5 Å². The normalized spacial score (nSPS) is 11.4. The molecule has 0 amide bonds. The third-order valence-corrected chi connectivity index (χ3v) is 4.61. The van der Waals surface area contributed by atoms with E-state index in [1.54, 1.807) is 13.1 Å². The van der Waals surface area contributed by atoms with Gasteiger partial charge in [-0.3, -0.25) is 13.8 Å². The Bertz CT molecular complexity index is 1150. The van der Waals surface area contributed by atoms with Crippen LogP contribution < -0.4 is 17.0 Å². The number of anilines is 2. The van der Waals surface area contributed by atoms with Gasteiger partial charge >= 0.3 is 0 Å². The van der Waals surface area contributed by atoms with E-state index in [4.69, 9.17) is 11.5 Å². The monoisotopic (exact) mass is 354 g/mol. The second-order valence-corrected chi connectivity index (χ2v) is 6.36. The second-order valence-electron chi connectivity index (χ2n) is 5.42. The third kappa shape index (κ3) is 2.56. The summed E-state index contributed by atoms with van der Waals surface area (Å²) in [6.07, 6.45) is 0. The molecule has 0 saturated heterocycles. The van der Waals surface area contributed by atoms with Gasteiger partial charge in [-0.25, -0.2) is 9.97 Å². The van der Waals surface area contributed by atoms with Crippen LogP contribution in [0.5, 0.6) is 0 Å². The second kappa shape index (κ2) is 5.74. The molecule has 0 aliphatic rings. The molecule has 0 bridgehead atoms. The topological polar surface area (TPSA) is 130 Å². The molecule has 0 saturated carbocycles. The minimum atomic E-state index is -0.110. The highest BCUT2D eigenvalue weighted by Gasteiger charge is 2.15. The largest absolute Gasteiger partial charge is 0.383 e. The SMILES string of the molecule is Cn1c(=O)c2ccccc2n2c(CSc3nc(N)cc(N)n3)nnc12. The van der Waals surface area contributed by atoms with Crippen molar-refractivity contribution in [3.05, 3.63) is 46.5 Å². The zero-order valence-corrected chi connectivity index (χ0v) is 14.1. The summed E-state index contributed by atoms with van der Waals surface area (Å²) in [6, 6.07) is 8.86. The number of hydrogen-bond acceptors (Lipinski definition) is 8. The van der Waals surface area contributed by atoms with Crippen molar-refractivity contribution in [3.63, 3.8) is 0 Å². The molecule has 0 atom stereocenters. The van der Waals surface area contributed by atoms with Crippen LogP contribution in [0.1, 0.15) is 5.82 Å². The number of rotatable bonds is 3. The van der Waals surface area contributed by atoms with Gasteiger partial charge in [0.25, 0.3) is 5.56 Å². The first kappa shape index (κ1) is 15.4. The predicted octanol–water partition coefficient (Wildman–Crippen LogP) is 0.828. The molecule has 3 aromatic heterocycles. The van der Waals surface area contributed by atoms with E-state index in [0.717, 1.165) is 5.52 Å². The van der Waals surface area contributed by atoms with Gasteiger partial charge in [-0.1, -0.05) is 23.9 Å². The number of nitrogen functional groups attached to an aromatic ring is 2. The molecule has 9 nitrogen and oxygen atoms in total. The van der Waals surface area contributed by atoms with Crippen LogP contribution in [0.2, 0.25) is 0 Å². The minimum Gasteiger partial charge on any atom is -0.383 e. The maximum atomic E-state index is 12.4. The fraction of sp³-hybridized carbons (Fsp3) is 0.133. The lowest BCUT2D eigenvalue weighted by Crippen LogP contribution is -2.20. The summed E-state index contributed by atoms with van der Waals surface area (Å²) < 4.78 is 3.35. The lowest BCUT2D eigenvalue weighted by Gasteiger charge is -2.07. The Kier molecular flexibility index (Phi) is 3.53. The van der Waals surface area contributed by atoms with Gasteiger partial charge in [-0.2, -0.15) is 0 Å². The molecule has 0 aliphatic carbocycles. The molecule has 1 aromatic carbocycles. The highest BCUT2D eigenvalue weighted by atomic mass is 32.2. The number of aromatic nitrogens is 6. The van der Waals surface area contributed by atoms with Crippen molar-refractivity contribution < 1.29 is 0 Å². The smallest absolute Gasteiger partial charge is 0.262 e. The average molecular weight is 354 g/mol. The fourth-order valence-electron chi connectivity index (χ4n) is 2.64. The highest BCUT2D eigenvalue weighted by molar-refractivity contribution is 7.98. The molecule has 25 heavy (non-hydrogen) atoms. The molecule has 0 unspecified atom stereocenters. The number of aryl methyl sites for hydroxylation is 1. The fourth-order valence-corrected chi connectivity index (χ4v) is 3.43. The van der Waals surface area contributed by atoms with Crippen LogP contribution in [0.4, 0.5) is 11.6 Å². The van der Waals surface area contributed by atoms with Gasteiger partial charge in [0, 0.05) is 13.1 Å². The lowest BCUT2D eigenvalue weighted by atomic mass is 10.2. The molecule has 0 aliphatic heterocycles. The molecular weight excluding hydrogens is 340 g/mol. The molecule has 3 heterocycles. The molecule has 4 N–H and O–H groups in total. The average Bonchev–Trinajstić information content (AvgIpc) is 3.01. The van der Waals surface area contributed by atoms with Crippen LogP contribution in [-0.2, 0) is 12.8 Å². The first-order chi connectivity index (χ1) is 12.0. The number of hydrogen-bond donors (Lipinski definition) is 2. The molecule has 0 fully saturated rings. The van der Waals surface area contributed by atoms with Crippen molar-refractivity contribution in [1.82, 2.24) is 29.1 Å². The standard InChI is InChI=1S/C15H14N8OS/c1-22-13(24)8-4-2-3-5-9(8)23-12(20-21-15(22)23)7-25-14-18-10(16)6-11(17)19-14/h2-6H,7H2,1H3,(H4,16,17,18,19). The van der Waals surface area contributed by atoms with Crippen molar-refractivity contribution in [2.24, 2.45) is 7.05 Å². The first-order valence-electron chi connectivity index (χ1n) is 7.39. The van der Waals surface area contributed by atoms with E-state index >= 15 is 0 Å². The summed E-state index contributed by atoms with van der Waals surface area (Å²) in [4.78, 5) is 20.7. The van der Waals surface area contributed by atoms with E-state index in [1.165, 1.54) is 22.4 Å². The third-order valence-electron chi connectivity index (χ3n) is 3.77. The van der Waals surface area contributed by atoms with Crippen molar-refractivity contribution in [2.45, 2.75) is 10.9 Å². The molecule has 4 aromatic rings. The Morgan fingerprint density at radius 1 is 1.12 bits per heavy atom.